The van der Waals surface area contributed by atoms with E-state index in [1.165, 1.54) is 0 Å². The molecule has 0 fully saturated rings. The van der Waals surface area contributed by atoms with Crippen molar-refractivity contribution in [2.24, 2.45) is 0 Å². The summed E-state index contributed by atoms with van der Waals surface area (Å²) in [5.41, 5.74) is 0.476. The first-order valence-corrected chi connectivity index (χ1v) is 6.46. The number of rotatable bonds is 3. The van der Waals surface area contributed by atoms with E-state index in [1.54, 1.807) is 20.1 Å². The number of hydrogen-bond donors (Lipinski definition) is 0. The van der Waals surface area contributed by atoms with E-state index in [1.807, 2.05) is 6.07 Å². The Morgan fingerprint density at radius 2 is 2.07 bits per heavy atom. The van der Waals surface area contributed by atoms with E-state index in [0.717, 1.165) is 7.14 Å². The van der Waals surface area contributed by atoms with E-state index >= 15 is 0 Å². The molecule has 82 valence electrons. The molecule has 0 aliphatic heterocycles. The summed E-state index contributed by atoms with van der Waals surface area (Å²) in [5, 5.41) is 0. The minimum atomic E-state index is -0.344. The highest BCUT2D eigenvalue weighted by atomic mass is 127. The molecule has 5 heteroatoms. The summed E-state index contributed by atoms with van der Waals surface area (Å²) in [6.07, 6.45) is 0. The minimum Gasteiger partial charge on any atom is -0.495 e. The molecule has 0 heterocycles. The van der Waals surface area contributed by atoms with Gasteiger partial charge in [-0.1, -0.05) is 0 Å². The average Bonchev–Trinajstić information content (AvgIpc) is 2.22. The first-order chi connectivity index (χ1) is 7.11. The molecule has 0 radical (unpaired) electrons. The van der Waals surface area contributed by atoms with Crippen LogP contribution in [0.1, 0.15) is 17.3 Å². The lowest BCUT2D eigenvalue weighted by atomic mass is 10.2. The van der Waals surface area contributed by atoms with E-state index < -0.39 is 0 Å². The fraction of sp³-hybridized carbons (Fsp3) is 0.300. The number of methoxy groups -OCH3 is 1. The van der Waals surface area contributed by atoms with Gasteiger partial charge in [-0.05, 0) is 64.2 Å². The Labute approximate surface area is 116 Å². The summed E-state index contributed by atoms with van der Waals surface area (Å²) in [6, 6.07) is 3.60. The average molecular weight is 432 g/mol. The van der Waals surface area contributed by atoms with Gasteiger partial charge < -0.3 is 9.47 Å². The lowest BCUT2D eigenvalue weighted by Gasteiger charge is -2.10. The van der Waals surface area contributed by atoms with Gasteiger partial charge >= 0.3 is 5.97 Å². The van der Waals surface area contributed by atoms with Gasteiger partial charge in [0.05, 0.1) is 17.3 Å². The lowest BCUT2D eigenvalue weighted by molar-refractivity contribution is 0.0522. The number of carbonyl (C=O) groups is 1. The Bertz CT molecular complexity index is 377. The predicted octanol–water partition coefficient (Wildman–Crippen LogP) is 3.08. The molecule has 1 aromatic rings. The van der Waals surface area contributed by atoms with Gasteiger partial charge in [-0.3, -0.25) is 0 Å². The summed E-state index contributed by atoms with van der Waals surface area (Å²) >= 11 is 4.35. The van der Waals surface area contributed by atoms with Crippen molar-refractivity contribution < 1.29 is 14.3 Å². The minimum absolute atomic E-state index is 0.344. The molecule has 0 N–H and O–H groups in total. The van der Waals surface area contributed by atoms with Crippen LogP contribution in [-0.2, 0) is 4.74 Å². The zero-order valence-corrected chi connectivity index (χ0v) is 12.7. The summed E-state index contributed by atoms with van der Waals surface area (Å²) in [4.78, 5) is 11.6. The van der Waals surface area contributed by atoms with Crippen molar-refractivity contribution in [3.8, 4) is 5.75 Å². The van der Waals surface area contributed by atoms with Crippen LogP contribution in [0.2, 0.25) is 0 Å². The molecule has 1 rings (SSSR count). The number of esters is 1. The van der Waals surface area contributed by atoms with Crippen molar-refractivity contribution in [2.75, 3.05) is 13.7 Å². The Kier molecular flexibility index (Phi) is 5.10. The molecule has 0 aromatic heterocycles. The van der Waals surface area contributed by atoms with Crippen LogP contribution < -0.4 is 4.74 Å². The SMILES string of the molecule is CCOC(=O)c1ccc(I)c(I)c1OC. The Balaban J connectivity index is 3.18. The lowest BCUT2D eigenvalue weighted by Crippen LogP contribution is -2.08. The maximum atomic E-state index is 11.6. The van der Waals surface area contributed by atoms with Crippen molar-refractivity contribution in [3.05, 3.63) is 24.8 Å². The van der Waals surface area contributed by atoms with Crippen LogP contribution in [0.5, 0.6) is 5.75 Å². The summed E-state index contributed by atoms with van der Waals surface area (Å²) in [6.45, 7) is 2.15. The Morgan fingerprint density at radius 1 is 1.40 bits per heavy atom. The van der Waals surface area contributed by atoms with Crippen LogP contribution in [0.25, 0.3) is 0 Å². The van der Waals surface area contributed by atoms with Gasteiger partial charge in [-0.2, -0.15) is 0 Å². The zero-order valence-electron chi connectivity index (χ0n) is 8.34. The maximum absolute atomic E-state index is 11.6. The van der Waals surface area contributed by atoms with Crippen LogP contribution >= 0.6 is 45.2 Å². The molecular formula is C10H10I2O3. The molecule has 0 amide bonds. The first kappa shape index (κ1) is 13.0. The standard InChI is InChI=1S/C10H10I2O3/c1-3-15-10(13)6-4-5-7(11)8(12)9(6)14-2/h4-5H,3H2,1-2H3. The second-order valence-corrected chi connectivity index (χ2v) is 4.90. The molecule has 1 aromatic carbocycles. The summed E-state index contributed by atoms with van der Waals surface area (Å²) in [5.74, 6) is 0.240. The summed E-state index contributed by atoms with van der Waals surface area (Å²) < 4.78 is 12.1. The molecule has 0 atom stereocenters. The highest BCUT2D eigenvalue weighted by Crippen LogP contribution is 2.30. The smallest absolute Gasteiger partial charge is 0.341 e. The van der Waals surface area contributed by atoms with Gasteiger partial charge in [0.15, 0.2) is 0 Å². The molecule has 0 saturated heterocycles. The molecule has 0 bridgehead atoms. The third kappa shape index (κ3) is 2.96. The first-order valence-electron chi connectivity index (χ1n) is 4.31. The van der Waals surface area contributed by atoms with Gasteiger partial charge in [-0.15, -0.1) is 0 Å². The van der Waals surface area contributed by atoms with Crippen LogP contribution in [0.15, 0.2) is 12.1 Å². The second kappa shape index (κ2) is 5.88. The Morgan fingerprint density at radius 3 is 2.60 bits per heavy atom. The molecule has 3 nitrogen and oxygen atoms in total. The van der Waals surface area contributed by atoms with E-state index in [9.17, 15) is 4.79 Å². The number of ether oxygens (including phenoxy) is 2. The molecule has 0 saturated carbocycles. The van der Waals surface area contributed by atoms with Crippen LogP contribution in [0.4, 0.5) is 0 Å². The topological polar surface area (TPSA) is 35.5 Å². The fourth-order valence-corrected chi connectivity index (χ4v) is 2.22. The molecule has 0 aliphatic rings. The van der Waals surface area contributed by atoms with Crippen molar-refractivity contribution in [2.45, 2.75) is 6.92 Å². The van der Waals surface area contributed by atoms with Gasteiger partial charge in [0.2, 0.25) is 0 Å². The van der Waals surface area contributed by atoms with E-state index in [0.29, 0.717) is 17.9 Å². The molecule has 0 spiro atoms. The van der Waals surface area contributed by atoms with Crippen molar-refractivity contribution >= 4 is 51.2 Å². The molecule has 0 aliphatic carbocycles. The van der Waals surface area contributed by atoms with E-state index in [2.05, 4.69) is 45.2 Å². The largest absolute Gasteiger partial charge is 0.495 e. The molecular weight excluding hydrogens is 422 g/mol. The molecule has 15 heavy (non-hydrogen) atoms. The number of halogens is 2. The van der Waals surface area contributed by atoms with Crippen LogP contribution in [0.3, 0.4) is 0 Å². The van der Waals surface area contributed by atoms with Crippen molar-refractivity contribution in [1.82, 2.24) is 0 Å². The fourth-order valence-electron chi connectivity index (χ4n) is 1.10. The third-order valence-corrected chi connectivity index (χ3v) is 4.75. The second-order valence-electron chi connectivity index (χ2n) is 2.66. The number of benzene rings is 1. The molecule has 0 unspecified atom stereocenters. The summed E-state index contributed by atoms with van der Waals surface area (Å²) in [7, 11) is 1.55. The van der Waals surface area contributed by atoms with E-state index in [-0.39, 0.29) is 5.97 Å². The quantitative estimate of drug-likeness (QED) is 0.545. The van der Waals surface area contributed by atoms with Crippen molar-refractivity contribution in [3.63, 3.8) is 0 Å². The van der Waals surface area contributed by atoms with E-state index in [4.69, 9.17) is 9.47 Å². The number of carbonyl (C=O) groups excluding carboxylic acids is 1. The predicted molar refractivity (Wildman–Crippen MR) is 74.4 cm³/mol. The normalized spacial score (nSPS) is 9.87. The highest BCUT2D eigenvalue weighted by Gasteiger charge is 2.17. The monoisotopic (exact) mass is 432 g/mol. The highest BCUT2D eigenvalue weighted by molar-refractivity contribution is 14.1. The zero-order chi connectivity index (χ0) is 11.4. The maximum Gasteiger partial charge on any atom is 0.341 e. The third-order valence-electron chi connectivity index (χ3n) is 1.75. The Hall–Kier alpha value is -0.0500. The van der Waals surface area contributed by atoms with Crippen LogP contribution in [0, 0.1) is 7.14 Å². The van der Waals surface area contributed by atoms with Gasteiger partial charge in [0.1, 0.15) is 11.3 Å². The van der Waals surface area contributed by atoms with Gasteiger partial charge in [0.25, 0.3) is 0 Å². The van der Waals surface area contributed by atoms with Gasteiger partial charge in [-0.25, -0.2) is 4.79 Å². The van der Waals surface area contributed by atoms with Crippen molar-refractivity contribution in [1.29, 1.82) is 0 Å². The number of hydrogen-bond acceptors (Lipinski definition) is 3. The van der Waals surface area contributed by atoms with Gasteiger partial charge in [0, 0.05) is 3.57 Å². The van der Waals surface area contributed by atoms with Crippen LogP contribution in [-0.4, -0.2) is 19.7 Å².